The molecule has 0 amide bonds. The Morgan fingerprint density at radius 3 is 2.25 bits per heavy atom. The van der Waals surface area contributed by atoms with Crippen LogP contribution in [0.2, 0.25) is 0 Å². The molecule has 1 heterocycles. The van der Waals surface area contributed by atoms with E-state index in [1.165, 1.54) is 12.1 Å². The normalized spacial score (nSPS) is 14.8. The summed E-state index contributed by atoms with van der Waals surface area (Å²) in [4.78, 5) is 0. The zero-order valence-corrected chi connectivity index (χ0v) is 6.77. The highest BCUT2D eigenvalue weighted by Gasteiger charge is 2.38. The number of rotatable bonds is 1. The fraction of sp³-hybridized carbons (Fsp3) is 0.500. The van der Waals surface area contributed by atoms with Gasteiger partial charge >= 0.3 is 6.18 Å². The van der Waals surface area contributed by atoms with Gasteiger partial charge in [-0.05, 0) is 26.0 Å². The molecule has 0 N–H and O–H groups in total. The van der Waals surface area contributed by atoms with Gasteiger partial charge in [0.1, 0.15) is 17.4 Å². The van der Waals surface area contributed by atoms with Crippen molar-refractivity contribution in [3.63, 3.8) is 0 Å². The quantitative estimate of drug-likeness (QED) is 0.643. The maximum atomic E-state index is 12.1. The van der Waals surface area contributed by atoms with Crippen LogP contribution in [0.25, 0.3) is 0 Å². The lowest BCUT2D eigenvalue weighted by molar-refractivity contribution is -0.149. The molecule has 12 heavy (non-hydrogen) atoms. The summed E-state index contributed by atoms with van der Waals surface area (Å²) in [6, 6.07) is 2.88. The van der Waals surface area contributed by atoms with Crippen LogP contribution in [0.5, 0.6) is 0 Å². The van der Waals surface area contributed by atoms with Crippen molar-refractivity contribution < 1.29 is 17.6 Å². The average Bonchev–Trinajstić information content (AvgIpc) is 2.32. The monoisotopic (exact) mass is 178 g/mol. The van der Waals surface area contributed by atoms with Crippen molar-refractivity contribution in [2.24, 2.45) is 0 Å². The summed E-state index contributed by atoms with van der Waals surface area (Å²) in [7, 11) is 0. The van der Waals surface area contributed by atoms with Gasteiger partial charge in [-0.1, -0.05) is 0 Å². The van der Waals surface area contributed by atoms with Gasteiger partial charge in [0.05, 0.1) is 0 Å². The first-order valence-electron chi connectivity index (χ1n) is 3.54. The molecule has 0 bridgehead atoms. The Bertz CT molecular complexity index is 262. The molecule has 0 saturated heterocycles. The Morgan fingerprint density at radius 2 is 1.92 bits per heavy atom. The predicted octanol–water partition coefficient (Wildman–Crippen LogP) is 3.25. The Kier molecular flexibility index (Phi) is 2.17. The summed E-state index contributed by atoms with van der Waals surface area (Å²) in [5.41, 5.74) is 0. The molecular weight excluding hydrogens is 169 g/mol. The van der Waals surface area contributed by atoms with Crippen molar-refractivity contribution >= 4 is 0 Å². The summed E-state index contributed by atoms with van der Waals surface area (Å²) in [5, 5.41) is 0. The molecule has 0 aliphatic heterocycles. The molecule has 0 aliphatic carbocycles. The number of alkyl halides is 3. The Labute approximate surface area is 68.2 Å². The minimum absolute atomic E-state index is 0.0278. The molecule has 4 heteroatoms. The number of halogens is 3. The predicted molar refractivity (Wildman–Crippen MR) is 37.9 cm³/mol. The average molecular weight is 178 g/mol. The molecule has 0 saturated carbocycles. The first-order valence-corrected chi connectivity index (χ1v) is 3.54. The second kappa shape index (κ2) is 2.84. The smallest absolute Gasteiger partial charge is 0.398 e. The van der Waals surface area contributed by atoms with Crippen LogP contribution in [-0.2, 0) is 0 Å². The van der Waals surface area contributed by atoms with Gasteiger partial charge in [-0.2, -0.15) is 13.2 Å². The largest absolute Gasteiger partial charge is 0.466 e. The fourth-order valence-corrected chi connectivity index (χ4v) is 0.847. The second-order valence-corrected chi connectivity index (χ2v) is 2.71. The van der Waals surface area contributed by atoms with E-state index in [9.17, 15) is 13.2 Å². The Morgan fingerprint density at radius 1 is 1.33 bits per heavy atom. The zero-order valence-electron chi connectivity index (χ0n) is 6.77. The van der Waals surface area contributed by atoms with Gasteiger partial charge in [0.2, 0.25) is 0 Å². The third kappa shape index (κ3) is 1.81. The van der Waals surface area contributed by atoms with Crippen LogP contribution in [0.4, 0.5) is 13.2 Å². The van der Waals surface area contributed by atoms with Crippen LogP contribution in [0.3, 0.4) is 0 Å². The van der Waals surface area contributed by atoms with E-state index in [0.29, 0.717) is 5.76 Å². The molecule has 0 fully saturated rings. The summed E-state index contributed by atoms with van der Waals surface area (Å²) < 4.78 is 41.1. The molecule has 1 aromatic heterocycles. The first kappa shape index (κ1) is 9.16. The molecule has 1 atom stereocenters. The third-order valence-corrected chi connectivity index (χ3v) is 1.68. The first-order chi connectivity index (χ1) is 5.41. The van der Waals surface area contributed by atoms with E-state index < -0.39 is 12.1 Å². The van der Waals surface area contributed by atoms with Gasteiger partial charge in [0.15, 0.2) is 0 Å². The maximum absolute atomic E-state index is 12.1. The van der Waals surface area contributed by atoms with Gasteiger partial charge in [-0.15, -0.1) is 0 Å². The molecule has 0 aliphatic rings. The summed E-state index contributed by atoms with van der Waals surface area (Å²) in [6.07, 6.45) is -4.22. The molecule has 0 aromatic carbocycles. The number of furan rings is 1. The van der Waals surface area contributed by atoms with Crippen molar-refractivity contribution in [2.45, 2.75) is 25.9 Å². The second-order valence-electron chi connectivity index (χ2n) is 2.71. The van der Waals surface area contributed by atoms with Crippen LogP contribution >= 0.6 is 0 Å². The highest BCUT2D eigenvalue weighted by atomic mass is 19.4. The molecule has 1 rings (SSSR count). The van der Waals surface area contributed by atoms with E-state index in [4.69, 9.17) is 4.42 Å². The van der Waals surface area contributed by atoms with Gasteiger partial charge in [0.25, 0.3) is 0 Å². The van der Waals surface area contributed by atoms with E-state index in [-0.39, 0.29) is 5.76 Å². The van der Waals surface area contributed by atoms with Gasteiger partial charge in [-0.3, -0.25) is 0 Å². The number of hydrogen-bond donors (Lipinski definition) is 0. The topological polar surface area (TPSA) is 13.1 Å². The minimum Gasteiger partial charge on any atom is -0.466 e. The van der Waals surface area contributed by atoms with Crippen molar-refractivity contribution in [3.05, 3.63) is 23.7 Å². The summed E-state index contributed by atoms with van der Waals surface area (Å²) in [5.74, 6) is -1.05. The van der Waals surface area contributed by atoms with Gasteiger partial charge in [-0.25, -0.2) is 0 Å². The van der Waals surface area contributed by atoms with E-state index in [1.807, 2.05) is 0 Å². The Balaban J connectivity index is 2.85. The van der Waals surface area contributed by atoms with Crippen molar-refractivity contribution in [2.75, 3.05) is 0 Å². The lowest BCUT2D eigenvalue weighted by Crippen LogP contribution is -2.16. The lowest BCUT2D eigenvalue weighted by atomic mass is 10.1. The molecule has 0 unspecified atom stereocenters. The van der Waals surface area contributed by atoms with Crippen molar-refractivity contribution in [1.29, 1.82) is 0 Å². The maximum Gasteiger partial charge on any atom is 0.398 e. The highest BCUT2D eigenvalue weighted by molar-refractivity contribution is 5.10. The van der Waals surface area contributed by atoms with E-state index in [1.54, 1.807) is 6.92 Å². The third-order valence-electron chi connectivity index (χ3n) is 1.68. The van der Waals surface area contributed by atoms with Crippen LogP contribution in [0, 0.1) is 6.92 Å². The fourth-order valence-electron chi connectivity index (χ4n) is 0.847. The summed E-state index contributed by atoms with van der Waals surface area (Å²) >= 11 is 0. The van der Waals surface area contributed by atoms with E-state index in [2.05, 4.69) is 0 Å². The molecule has 0 spiro atoms. The highest BCUT2D eigenvalue weighted by Crippen LogP contribution is 2.34. The van der Waals surface area contributed by atoms with Crippen LogP contribution in [-0.4, -0.2) is 6.18 Å². The molecular formula is C8H9F3O. The minimum atomic E-state index is -4.22. The number of aryl methyl sites for hydroxylation is 1. The lowest BCUT2D eigenvalue weighted by Gasteiger charge is -2.12. The van der Waals surface area contributed by atoms with Crippen LogP contribution in [0.1, 0.15) is 24.4 Å². The molecule has 1 nitrogen and oxygen atoms in total. The van der Waals surface area contributed by atoms with E-state index >= 15 is 0 Å². The van der Waals surface area contributed by atoms with Crippen molar-refractivity contribution in [3.8, 4) is 0 Å². The molecule has 68 valence electrons. The van der Waals surface area contributed by atoms with Crippen LogP contribution < -0.4 is 0 Å². The standard InChI is InChI=1S/C8H9F3O/c1-5-3-4-7(12-5)6(2)8(9,10)11/h3-4,6H,1-2H3/t6-/m1/s1. The summed E-state index contributed by atoms with van der Waals surface area (Å²) in [6.45, 7) is 2.70. The van der Waals surface area contributed by atoms with E-state index in [0.717, 1.165) is 6.92 Å². The van der Waals surface area contributed by atoms with Crippen LogP contribution in [0.15, 0.2) is 16.5 Å². The zero-order chi connectivity index (χ0) is 9.35. The van der Waals surface area contributed by atoms with Crippen molar-refractivity contribution in [1.82, 2.24) is 0 Å². The molecule has 1 aromatic rings. The van der Waals surface area contributed by atoms with Gasteiger partial charge < -0.3 is 4.42 Å². The number of hydrogen-bond acceptors (Lipinski definition) is 1. The Hall–Kier alpha value is -0.930. The van der Waals surface area contributed by atoms with Gasteiger partial charge in [0, 0.05) is 0 Å². The SMILES string of the molecule is Cc1ccc([C@@H](C)C(F)(F)F)o1. The molecule has 0 radical (unpaired) electrons.